The standard InChI is InChI=1S/C19H17N3O2S2.2C2HF3O2/c1-2-9-26(23,24)14-4-5-16-15(11-14)17(7-8-20-16)22-13-3-6-19-18(10-13)21-12-25-19;2*3-2(4,5)1(6)7/h3-8,10-12H,2,9H2,1H3,(H,20,22);2*(H,6,7). The first-order chi connectivity index (χ1) is 18.5. The highest BCUT2D eigenvalue weighted by atomic mass is 32.2. The number of hydrogen-bond acceptors (Lipinski definition) is 8. The zero-order valence-electron chi connectivity index (χ0n) is 20.2. The maximum absolute atomic E-state index is 12.4. The molecule has 216 valence electrons. The molecule has 0 fully saturated rings. The lowest BCUT2D eigenvalue weighted by atomic mass is 10.2. The quantitative estimate of drug-likeness (QED) is 0.265. The predicted octanol–water partition coefficient (Wildman–Crippen LogP) is 1.57. The first-order valence-corrected chi connectivity index (χ1v) is 13.4. The number of carboxylic acid groups (broad SMARTS) is 2. The highest BCUT2D eigenvalue weighted by Gasteiger charge is 2.29. The van der Waals surface area contributed by atoms with E-state index in [-0.39, 0.29) is 5.75 Å². The van der Waals surface area contributed by atoms with E-state index in [2.05, 4.69) is 33.5 Å². The molecule has 0 atom stereocenters. The molecule has 9 nitrogen and oxygen atoms in total. The zero-order chi connectivity index (χ0) is 30.3. The summed E-state index contributed by atoms with van der Waals surface area (Å²) in [4.78, 5) is 25.5. The first-order valence-electron chi connectivity index (χ1n) is 10.9. The Kier molecular flexibility index (Phi) is 10.5. The number of aromatic amines is 1. The topological polar surface area (TPSA) is 158 Å². The summed E-state index contributed by atoms with van der Waals surface area (Å²) in [5, 5.41) is 20.5. The predicted molar refractivity (Wildman–Crippen MR) is 126 cm³/mol. The summed E-state index contributed by atoms with van der Waals surface area (Å²) >= 11 is 1.67. The average molecular weight is 612 g/mol. The average Bonchev–Trinajstić information content (AvgIpc) is 3.31. The van der Waals surface area contributed by atoms with E-state index in [0.29, 0.717) is 11.3 Å². The van der Waals surface area contributed by atoms with Crippen LogP contribution in [0.5, 0.6) is 0 Å². The van der Waals surface area contributed by atoms with Crippen LogP contribution in [0.2, 0.25) is 0 Å². The molecule has 2 heterocycles. The zero-order valence-corrected chi connectivity index (χ0v) is 21.8. The molecule has 0 aliphatic carbocycles. The third-order valence-corrected chi connectivity index (χ3v) is 7.53. The van der Waals surface area contributed by atoms with Gasteiger partial charge < -0.3 is 19.8 Å². The summed E-state index contributed by atoms with van der Waals surface area (Å²) in [7, 11) is -3.26. The molecule has 0 aliphatic rings. The number of sulfone groups is 1. The van der Waals surface area contributed by atoms with Crippen LogP contribution in [0.4, 0.5) is 37.7 Å². The Hall–Kier alpha value is -3.83. The maximum Gasteiger partial charge on any atom is 0.430 e. The van der Waals surface area contributed by atoms with Crippen molar-refractivity contribution in [3.05, 3.63) is 54.2 Å². The molecule has 0 amide bonds. The SMILES string of the molecule is CCCS(=O)(=O)c1ccc2nccc([NH2+]c3ccc4sc[nH+]c4c3)c2c1.O=C([O-])C(F)(F)F.O=C([O-])C(F)(F)F. The lowest BCUT2D eigenvalue weighted by molar-refractivity contribution is -0.477. The van der Waals surface area contributed by atoms with Gasteiger partial charge in [-0.05, 0) is 30.7 Å². The normalized spacial score (nSPS) is 11.8. The van der Waals surface area contributed by atoms with Gasteiger partial charge in [-0.15, -0.1) is 0 Å². The number of thiazole rings is 1. The fourth-order valence-electron chi connectivity index (χ4n) is 3.04. The van der Waals surface area contributed by atoms with Crippen molar-refractivity contribution in [1.29, 1.82) is 0 Å². The van der Waals surface area contributed by atoms with E-state index in [9.17, 15) is 34.8 Å². The molecule has 2 aromatic carbocycles. The number of carboxylic acids is 2. The molecule has 0 unspecified atom stereocenters. The third kappa shape index (κ3) is 9.13. The fraction of sp³-hybridized carbons (Fsp3) is 0.217. The lowest BCUT2D eigenvalue weighted by Crippen LogP contribution is -2.71. The summed E-state index contributed by atoms with van der Waals surface area (Å²) in [6.45, 7) is 1.87. The Labute approximate surface area is 226 Å². The molecule has 4 aromatic rings. The Morgan fingerprint density at radius 2 is 1.57 bits per heavy atom. The second-order valence-corrected chi connectivity index (χ2v) is 10.8. The largest absolute Gasteiger partial charge is 0.542 e. The number of alkyl halides is 6. The molecule has 4 rings (SSSR count). The lowest BCUT2D eigenvalue weighted by Gasteiger charge is -2.07. The number of H-pyrrole nitrogens is 1. The Balaban J connectivity index is 0.000000333. The number of aliphatic carboxylic acids is 2. The fourth-order valence-corrected chi connectivity index (χ4v) is 5.09. The van der Waals surface area contributed by atoms with Crippen LogP contribution >= 0.6 is 11.3 Å². The van der Waals surface area contributed by atoms with E-state index < -0.39 is 34.1 Å². The number of hydrogen-bond donors (Lipinski definition) is 1. The van der Waals surface area contributed by atoms with Crippen molar-refractivity contribution in [2.24, 2.45) is 0 Å². The molecule has 0 aliphatic heterocycles. The number of fused-ring (bicyclic) bond motifs is 2. The van der Waals surface area contributed by atoms with E-state index in [4.69, 9.17) is 19.8 Å². The van der Waals surface area contributed by atoms with Crippen LogP contribution in [0.3, 0.4) is 0 Å². The van der Waals surface area contributed by atoms with E-state index in [1.165, 1.54) is 4.70 Å². The molecule has 17 heteroatoms. The van der Waals surface area contributed by atoms with Gasteiger partial charge in [0, 0.05) is 18.3 Å². The van der Waals surface area contributed by atoms with Crippen LogP contribution in [0.1, 0.15) is 13.3 Å². The van der Waals surface area contributed by atoms with Gasteiger partial charge in [0.2, 0.25) is 11.0 Å². The van der Waals surface area contributed by atoms with Crippen LogP contribution in [-0.4, -0.2) is 43.4 Å². The Bertz CT molecular complexity index is 1580. The molecule has 3 N–H and O–H groups in total. The number of nitrogens with zero attached hydrogens (tertiary/aromatic N) is 1. The summed E-state index contributed by atoms with van der Waals surface area (Å²) in [6, 6.07) is 13.3. The summed E-state index contributed by atoms with van der Waals surface area (Å²) in [5.41, 5.74) is 5.85. The second kappa shape index (κ2) is 13.0. The first kappa shape index (κ1) is 32.4. The van der Waals surface area contributed by atoms with Gasteiger partial charge in [0.15, 0.2) is 9.84 Å². The maximum atomic E-state index is 12.4. The smallest absolute Gasteiger partial charge is 0.430 e. The molecular formula is C23H19F6N3O6S2. The number of benzene rings is 2. The molecular weight excluding hydrogens is 592 g/mol. The highest BCUT2D eigenvalue weighted by molar-refractivity contribution is 7.91. The number of rotatable bonds is 5. The summed E-state index contributed by atoms with van der Waals surface area (Å²) < 4.78 is 89.2. The third-order valence-electron chi connectivity index (χ3n) is 4.77. The van der Waals surface area contributed by atoms with Gasteiger partial charge in [-0.2, -0.15) is 26.3 Å². The van der Waals surface area contributed by atoms with Crippen LogP contribution in [0.25, 0.3) is 21.1 Å². The highest BCUT2D eigenvalue weighted by Crippen LogP contribution is 2.24. The molecule has 0 saturated carbocycles. The molecule has 2 aromatic heterocycles. The van der Waals surface area contributed by atoms with Crippen molar-refractivity contribution in [3.63, 3.8) is 0 Å². The number of halogens is 6. The van der Waals surface area contributed by atoms with Crippen molar-refractivity contribution in [2.45, 2.75) is 30.6 Å². The van der Waals surface area contributed by atoms with E-state index in [1.54, 1.807) is 35.7 Å². The number of nitrogens with one attached hydrogen (secondary N) is 1. The minimum Gasteiger partial charge on any atom is -0.542 e. The van der Waals surface area contributed by atoms with Crippen molar-refractivity contribution in [2.75, 3.05) is 5.75 Å². The second-order valence-electron chi connectivity index (χ2n) is 7.75. The van der Waals surface area contributed by atoms with Gasteiger partial charge in [-0.25, -0.2) is 13.4 Å². The van der Waals surface area contributed by atoms with Crippen LogP contribution in [0.15, 0.2) is 59.1 Å². The van der Waals surface area contributed by atoms with Gasteiger partial charge >= 0.3 is 12.4 Å². The van der Waals surface area contributed by atoms with Gasteiger partial charge in [0.1, 0.15) is 28.0 Å². The number of carbonyl (C=O) groups is 2. The van der Waals surface area contributed by atoms with E-state index in [1.807, 2.05) is 18.5 Å². The van der Waals surface area contributed by atoms with Crippen molar-refractivity contribution < 1.29 is 64.9 Å². The molecule has 0 saturated heterocycles. The van der Waals surface area contributed by atoms with Gasteiger partial charge in [0.25, 0.3) is 0 Å². The molecule has 40 heavy (non-hydrogen) atoms. The minimum absolute atomic E-state index is 0.155. The van der Waals surface area contributed by atoms with Crippen LogP contribution in [-0.2, 0) is 19.4 Å². The van der Waals surface area contributed by atoms with Crippen molar-refractivity contribution in [1.82, 2.24) is 4.98 Å². The number of nitrogens with two attached hydrogens (primary N) is 1. The summed E-state index contributed by atoms with van der Waals surface area (Å²) in [5.74, 6) is -5.86. The Morgan fingerprint density at radius 1 is 0.975 bits per heavy atom. The monoisotopic (exact) mass is 611 g/mol. The van der Waals surface area contributed by atoms with Crippen molar-refractivity contribution >= 4 is 65.6 Å². The Morgan fingerprint density at radius 3 is 2.12 bits per heavy atom. The van der Waals surface area contributed by atoms with Gasteiger partial charge in [-0.3, -0.25) is 10.3 Å². The molecule has 0 radical (unpaired) electrons. The number of quaternary nitrogens is 1. The van der Waals surface area contributed by atoms with E-state index >= 15 is 0 Å². The number of carbonyl (C=O) groups excluding carboxylic acids is 2. The van der Waals surface area contributed by atoms with Gasteiger partial charge in [0.05, 0.1) is 27.6 Å². The van der Waals surface area contributed by atoms with Crippen LogP contribution < -0.4 is 20.5 Å². The molecule has 0 spiro atoms. The number of pyridine rings is 1. The number of aromatic nitrogens is 2. The molecule has 0 bridgehead atoms. The van der Waals surface area contributed by atoms with Crippen molar-refractivity contribution in [3.8, 4) is 0 Å². The minimum atomic E-state index is -5.19. The van der Waals surface area contributed by atoms with Crippen LogP contribution in [0, 0.1) is 0 Å². The van der Waals surface area contributed by atoms with Gasteiger partial charge in [-0.1, -0.05) is 18.3 Å². The van der Waals surface area contributed by atoms with E-state index in [0.717, 1.165) is 27.8 Å². The summed E-state index contributed by atoms with van der Waals surface area (Å²) in [6.07, 6.45) is -8.03.